The minimum atomic E-state index is -0.740. The van der Waals surface area contributed by atoms with Crippen molar-refractivity contribution >= 4 is 17.9 Å². The fraction of sp³-hybridized carbons (Fsp3) is 0.400. The number of carbonyl (C=O) groups excluding carboxylic acids is 2. The predicted molar refractivity (Wildman–Crippen MR) is 97.1 cm³/mol. The summed E-state index contributed by atoms with van der Waals surface area (Å²) in [6.45, 7) is 6.16. The summed E-state index contributed by atoms with van der Waals surface area (Å²) in [5, 5.41) is 2.90. The Balaban J connectivity index is 2.22. The monoisotopic (exact) mass is 362 g/mol. The number of halogens is 2. The molecular weight excluding hydrogens is 338 g/mol. The van der Waals surface area contributed by atoms with Crippen LogP contribution in [0, 0.1) is 17.6 Å². The van der Waals surface area contributed by atoms with E-state index in [0.717, 1.165) is 12.1 Å². The number of amides is 2. The highest BCUT2D eigenvalue weighted by Gasteiger charge is 2.35. The number of allylic oxidation sites excluding steroid dienone is 1. The van der Waals surface area contributed by atoms with Crippen molar-refractivity contribution in [1.82, 2.24) is 10.2 Å². The summed E-state index contributed by atoms with van der Waals surface area (Å²) in [7, 11) is 0. The average molecular weight is 362 g/mol. The van der Waals surface area contributed by atoms with Crippen LogP contribution in [0.25, 0.3) is 6.08 Å². The molecular formula is C20H24F2N2O2. The van der Waals surface area contributed by atoms with Gasteiger partial charge in [0.15, 0.2) is 0 Å². The number of piperazine rings is 1. The van der Waals surface area contributed by atoms with Gasteiger partial charge < -0.3 is 10.2 Å². The van der Waals surface area contributed by atoms with Gasteiger partial charge in [-0.2, -0.15) is 0 Å². The standard InChI is InChI=1S/C20H24F2N2O2/c1-4-5-16-12-24(18(10-13(2)3)20(26)23-16)19(25)9-7-14-6-8-15(21)11-17(14)22/h4-9,11,13,16,18H,10,12H2,1-3H3,(H,23,26)/b5-4?,9-7+/t16-,18-/m0/s1. The zero-order valence-electron chi connectivity index (χ0n) is 15.2. The summed E-state index contributed by atoms with van der Waals surface area (Å²) in [5.74, 6) is -1.75. The van der Waals surface area contributed by atoms with Gasteiger partial charge in [0, 0.05) is 24.3 Å². The Hall–Kier alpha value is -2.50. The zero-order valence-corrected chi connectivity index (χ0v) is 15.2. The second kappa shape index (κ2) is 8.74. The van der Waals surface area contributed by atoms with E-state index in [1.807, 2.05) is 32.9 Å². The summed E-state index contributed by atoms with van der Waals surface area (Å²) in [6.07, 6.45) is 6.72. The van der Waals surface area contributed by atoms with Crippen LogP contribution in [0.3, 0.4) is 0 Å². The van der Waals surface area contributed by atoms with Crippen LogP contribution in [0.4, 0.5) is 8.78 Å². The molecule has 0 unspecified atom stereocenters. The predicted octanol–water partition coefficient (Wildman–Crippen LogP) is 3.30. The summed E-state index contributed by atoms with van der Waals surface area (Å²) in [4.78, 5) is 26.6. The van der Waals surface area contributed by atoms with Crippen molar-refractivity contribution in [2.24, 2.45) is 5.92 Å². The van der Waals surface area contributed by atoms with Crippen LogP contribution < -0.4 is 5.32 Å². The van der Waals surface area contributed by atoms with Crippen molar-refractivity contribution in [1.29, 1.82) is 0 Å². The molecule has 0 radical (unpaired) electrons. The van der Waals surface area contributed by atoms with E-state index in [2.05, 4.69) is 5.32 Å². The molecule has 1 saturated heterocycles. The lowest BCUT2D eigenvalue weighted by molar-refractivity contribution is -0.141. The van der Waals surface area contributed by atoms with Crippen LogP contribution in [0.15, 0.2) is 36.4 Å². The number of rotatable bonds is 5. The molecule has 26 heavy (non-hydrogen) atoms. The topological polar surface area (TPSA) is 49.4 Å². The summed E-state index contributed by atoms with van der Waals surface area (Å²) in [5.41, 5.74) is 0.117. The molecule has 0 spiro atoms. The lowest BCUT2D eigenvalue weighted by Crippen LogP contribution is -2.61. The molecule has 0 saturated carbocycles. The molecule has 1 aliphatic rings. The zero-order chi connectivity index (χ0) is 19.3. The summed E-state index contributed by atoms with van der Waals surface area (Å²) < 4.78 is 26.7. The number of hydrogen-bond acceptors (Lipinski definition) is 2. The van der Waals surface area contributed by atoms with Gasteiger partial charge in [-0.25, -0.2) is 8.78 Å². The van der Waals surface area contributed by atoms with E-state index in [9.17, 15) is 18.4 Å². The molecule has 2 amide bonds. The van der Waals surface area contributed by atoms with Crippen molar-refractivity contribution in [3.8, 4) is 0 Å². The number of nitrogens with one attached hydrogen (secondary N) is 1. The van der Waals surface area contributed by atoms with Crippen molar-refractivity contribution in [2.75, 3.05) is 6.54 Å². The molecule has 1 aromatic carbocycles. The smallest absolute Gasteiger partial charge is 0.247 e. The van der Waals surface area contributed by atoms with Crippen LogP contribution >= 0.6 is 0 Å². The fourth-order valence-corrected chi connectivity index (χ4v) is 2.96. The van der Waals surface area contributed by atoms with Crippen molar-refractivity contribution in [3.63, 3.8) is 0 Å². The first-order chi connectivity index (χ1) is 12.3. The molecule has 0 aromatic heterocycles. The normalized spacial score (nSPS) is 21.0. The van der Waals surface area contributed by atoms with Gasteiger partial charge in [-0.3, -0.25) is 9.59 Å². The second-order valence-electron chi connectivity index (χ2n) is 6.78. The van der Waals surface area contributed by atoms with E-state index >= 15 is 0 Å². The molecule has 140 valence electrons. The van der Waals surface area contributed by atoms with E-state index < -0.39 is 17.7 Å². The first-order valence-electron chi connectivity index (χ1n) is 8.68. The second-order valence-corrected chi connectivity index (χ2v) is 6.78. The Morgan fingerprint density at radius 1 is 1.38 bits per heavy atom. The quantitative estimate of drug-likeness (QED) is 0.645. The van der Waals surface area contributed by atoms with E-state index in [0.29, 0.717) is 13.0 Å². The van der Waals surface area contributed by atoms with Crippen LogP contribution in [-0.2, 0) is 9.59 Å². The highest BCUT2D eigenvalue weighted by Crippen LogP contribution is 2.18. The minimum absolute atomic E-state index is 0.117. The SMILES string of the molecule is CC=C[C@H]1CN(C(=O)/C=C/c2ccc(F)cc2F)[C@@H](CC(C)C)C(=O)N1. The van der Waals surface area contributed by atoms with E-state index in [1.165, 1.54) is 23.1 Å². The molecule has 1 fully saturated rings. The highest BCUT2D eigenvalue weighted by atomic mass is 19.1. The molecule has 1 N–H and O–H groups in total. The third kappa shape index (κ3) is 5.00. The molecule has 4 nitrogen and oxygen atoms in total. The summed E-state index contributed by atoms with van der Waals surface area (Å²) in [6, 6.07) is 2.35. The number of carbonyl (C=O) groups is 2. The molecule has 0 bridgehead atoms. The van der Waals surface area contributed by atoms with E-state index in [4.69, 9.17) is 0 Å². The van der Waals surface area contributed by atoms with Gasteiger partial charge in [-0.1, -0.05) is 26.0 Å². The minimum Gasteiger partial charge on any atom is -0.346 e. The summed E-state index contributed by atoms with van der Waals surface area (Å²) >= 11 is 0. The Labute approximate surface area is 152 Å². The maximum absolute atomic E-state index is 13.7. The van der Waals surface area contributed by atoms with Crippen LogP contribution in [0.2, 0.25) is 0 Å². The van der Waals surface area contributed by atoms with Crippen LogP contribution in [0.5, 0.6) is 0 Å². The van der Waals surface area contributed by atoms with Crippen LogP contribution in [-0.4, -0.2) is 35.3 Å². The highest BCUT2D eigenvalue weighted by molar-refractivity contribution is 5.96. The van der Waals surface area contributed by atoms with Crippen LogP contribution in [0.1, 0.15) is 32.8 Å². The Bertz CT molecular complexity index is 729. The molecule has 6 heteroatoms. The Kier molecular flexibility index (Phi) is 6.66. The first kappa shape index (κ1) is 19.8. The molecule has 1 heterocycles. The maximum atomic E-state index is 13.7. The lowest BCUT2D eigenvalue weighted by Gasteiger charge is -2.38. The maximum Gasteiger partial charge on any atom is 0.247 e. The van der Waals surface area contributed by atoms with Crippen molar-refractivity contribution in [3.05, 3.63) is 53.6 Å². The fourth-order valence-electron chi connectivity index (χ4n) is 2.96. The lowest BCUT2D eigenvalue weighted by atomic mass is 9.98. The first-order valence-corrected chi connectivity index (χ1v) is 8.68. The number of nitrogens with zero attached hydrogens (tertiary/aromatic N) is 1. The van der Waals surface area contributed by atoms with Gasteiger partial charge in [-0.15, -0.1) is 0 Å². The van der Waals surface area contributed by atoms with Gasteiger partial charge in [0.1, 0.15) is 17.7 Å². The third-order valence-corrected chi connectivity index (χ3v) is 4.17. The van der Waals surface area contributed by atoms with E-state index in [-0.39, 0.29) is 29.3 Å². The average Bonchev–Trinajstić information content (AvgIpc) is 2.56. The van der Waals surface area contributed by atoms with Gasteiger partial charge >= 0.3 is 0 Å². The third-order valence-electron chi connectivity index (χ3n) is 4.17. The largest absolute Gasteiger partial charge is 0.346 e. The number of hydrogen-bond donors (Lipinski definition) is 1. The Morgan fingerprint density at radius 2 is 2.12 bits per heavy atom. The van der Waals surface area contributed by atoms with Gasteiger partial charge in [0.2, 0.25) is 11.8 Å². The molecule has 2 rings (SSSR count). The molecule has 1 aromatic rings. The molecule has 0 aliphatic carbocycles. The number of benzene rings is 1. The Morgan fingerprint density at radius 3 is 2.73 bits per heavy atom. The molecule has 2 atom stereocenters. The van der Waals surface area contributed by atoms with Gasteiger partial charge in [0.25, 0.3) is 0 Å². The van der Waals surface area contributed by atoms with Crippen molar-refractivity contribution in [2.45, 2.75) is 39.3 Å². The molecule has 1 aliphatic heterocycles. The van der Waals surface area contributed by atoms with Gasteiger partial charge in [-0.05, 0) is 37.5 Å². The van der Waals surface area contributed by atoms with E-state index in [1.54, 1.807) is 0 Å². The van der Waals surface area contributed by atoms with Gasteiger partial charge in [0.05, 0.1) is 6.04 Å². The van der Waals surface area contributed by atoms with Crippen molar-refractivity contribution < 1.29 is 18.4 Å².